The van der Waals surface area contributed by atoms with Crippen LogP contribution in [0.2, 0.25) is 10.0 Å². The molecule has 1 aromatic heterocycles. The van der Waals surface area contributed by atoms with Crippen molar-refractivity contribution in [1.82, 2.24) is 0 Å². The van der Waals surface area contributed by atoms with E-state index in [0.29, 0.717) is 43.6 Å². The Morgan fingerprint density at radius 2 is 1.74 bits per heavy atom. The molecule has 200 valence electrons. The van der Waals surface area contributed by atoms with E-state index in [1.54, 1.807) is 37.3 Å². The molecule has 0 aliphatic carbocycles. The van der Waals surface area contributed by atoms with Gasteiger partial charge in [-0.15, -0.1) is 0 Å². The molecule has 0 saturated heterocycles. The molecular weight excluding hydrogens is 537 g/mol. The number of ether oxygens (including phenoxy) is 1. The number of hydrogen-bond acceptors (Lipinski definition) is 5. The summed E-state index contributed by atoms with van der Waals surface area (Å²) in [4.78, 5) is 29.0. The van der Waals surface area contributed by atoms with Gasteiger partial charge in [0.1, 0.15) is 0 Å². The highest BCUT2D eigenvalue weighted by molar-refractivity contribution is 6.32. The first-order valence-electron chi connectivity index (χ1n) is 12.4. The molecule has 1 amide bonds. The van der Waals surface area contributed by atoms with Crippen LogP contribution >= 0.6 is 23.2 Å². The van der Waals surface area contributed by atoms with Crippen LogP contribution in [0.3, 0.4) is 0 Å². The lowest BCUT2D eigenvalue weighted by atomic mass is 9.85. The van der Waals surface area contributed by atoms with E-state index < -0.39 is 23.5 Å². The first kappa shape index (κ1) is 26.9. The van der Waals surface area contributed by atoms with Gasteiger partial charge in [-0.25, -0.2) is 0 Å². The summed E-state index contributed by atoms with van der Waals surface area (Å²) in [5.74, 6) is -1.66. The summed E-state index contributed by atoms with van der Waals surface area (Å²) in [5, 5.41) is 12.6. The number of nitrogens with zero attached hydrogens (tertiary/aromatic N) is 1. The molecule has 2 heterocycles. The fourth-order valence-electron chi connectivity index (χ4n) is 4.91. The Morgan fingerprint density at radius 3 is 2.38 bits per heavy atom. The van der Waals surface area contributed by atoms with Crippen LogP contribution in [0.5, 0.6) is 5.75 Å². The van der Waals surface area contributed by atoms with E-state index in [2.05, 4.69) is 20.8 Å². The van der Waals surface area contributed by atoms with Crippen LogP contribution in [0, 0.1) is 6.92 Å². The third kappa shape index (κ3) is 4.58. The number of benzene rings is 3. The Bertz CT molecular complexity index is 1660. The SMILES string of the molecule is COc1cc(Cl)cc2cc(C(=O)C3=C(O)C(=O)N(c4cccc(Cl)c4C)C3c3ccc(C(C)(C)C)cc3)oc12. The number of aliphatic hydroxyl groups excluding tert-OH is 1. The van der Waals surface area contributed by atoms with Gasteiger partial charge in [-0.05, 0) is 53.3 Å². The normalized spacial score (nSPS) is 15.9. The highest BCUT2D eigenvalue weighted by atomic mass is 35.5. The molecule has 0 radical (unpaired) electrons. The Labute approximate surface area is 236 Å². The average Bonchev–Trinajstić information content (AvgIpc) is 3.43. The van der Waals surface area contributed by atoms with Gasteiger partial charge in [0.2, 0.25) is 5.78 Å². The molecule has 8 heteroatoms. The quantitative estimate of drug-likeness (QED) is 0.248. The molecule has 1 unspecified atom stereocenters. The zero-order chi connectivity index (χ0) is 28.2. The molecule has 39 heavy (non-hydrogen) atoms. The number of carbonyl (C=O) groups excluding carboxylic acids is 2. The van der Waals surface area contributed by atoms with Crippen LogP contribution in [-0.2, 0) is 10.2 Å². The van der Waals surface area contributed by atoms with Crippen molar-refractivity contribution < 1.29 is 23.8 Å². The number of carbonyl (C=O) groups is 2. The minimum atomic E-state index is -0.921. The minimum absolute atomic E-state index is 0.0547. The zero-order valence-corrected chi connectivity index (χ0v) is 23.6. The number of fused-ring (bicyclic) bond motifs is 1. The van der Waals surface area contributed by atoms with Crippen molar-refractivity contribution in [2.75, 3.05) is 12.0 Å². The van der Waals surface area contributed by atoms with E-state index in [0.717, 1.165) is 5.56 Å². The van der Waals surface area contributed by atoms with Crippen molar-refractivity contribution in [3.63, 3.8) is 0 Å². The summed E-state index contributed by atoms with van der Waals surface area (Å²) in [6.45, 7) is 8.10. The van der Waals surface area contributed by atoms with Crippen LogP contribution in [0.1, 0.15) is 54.1 Å². The fraction of sp³-hybridized carbons (Fsp3) is 0.226. The monoisotopic (exact) mass is 563 g/mol. The number of amides is 1. The van der Waals surface area contributed by atoms with E-state index in [9.17, 15) is 14.7 Å². The van der Waals surface area contributed by atoms with Gasteiger partial charge in [0.25, 0.3) is 5.91 Å². The Hall–Kier alpha value is -3.74. The molecule has 0 saturated carbocycles. The largest absolute Gasteiger partial charge is 0.503 e. The number of methoxy groups -OCH3 is 1. The smallest absolute Gasteiger partial charge is 0.294 e. The van der Waals surface area contributed by atoms with Crippen molar-refractivity contribution in [1.29, 1.82) is 0 Å². The summed E-state index contributed by atoms with van der Waals surface area (Å²) in [6.07, 6.45) is 0. The molecule has 1 aliphatic rings. The van der Waals surface area contributed by atoms with Gasteiger partial charge in [0, 0.05) is 27.2 Å². The maximum absolute atomic E-state index is 14.0. The minimum Gasteiger partial charge on any atom is -0.503 e. The zero-order valence-electron chi connectivity index (χ0n) is 22.1. The van der Waals surface area contributed by atoms with E-state index in [4.69, 9.17) is 32.4 Å². The molecule has 4 aromatic rings. The van der Waals surface area contributed by atoms with Gasteiger partial charge in [-0.1, -0.05) is 74.3 Å². The molecule has 0 bridgehead atoms. The second-order valence-electron chi connectivity index (χ2n) is 10.6. The number of anilines is 1. The van der Waals surface area contributed by atoms with E-state index in [1.807, 2.05) is 24.3 Å². The van der Waals surface area contributed by atoms with Crippen molar-refractivity contribution in [3.05, 3.63) is 104 Å². The summed E-state index contributed by atoms with van der Waals surface area (Å²) < 4.78 is 11.3. The summed E-state index contributed by atoms with van der Waals surface area (Å²) in [5.41, 5.74) is 3.02. The van der Waals surface area contributed by atoms with Crippen molar-refractivity contribution in [3.8, 4) is 5.75 Å². The number of furan rings is 1. The molecule has 1 aliphatic heterocycles. The van der Waals surface area contributed by atoms with Gasteiger partial charge >= 0.3 is 0 Å². The number of aliphatic hydroxyl groups is 1. The van der Waals surface area contributed by atoms with Crippen LogP contribution in [0.4, 0.5) is 5.69 Å². The topological polar surface area (TPSA) is 80.0 Å². The van der Waals surface area contributed by atoms with Crippen LogP contribution in [0.15, 0.2) is 76.4 Å². The lowest BCUT2D eigenvalue weighted by Gasteiger charge is -2.29. The lowest BCUT2D eigenvalue weighted by molar-refractivity contribution is -0.117. The summed E-state index contributed by atoms with van der Waals surface area (Å²) in [7, 11) is 1.47. The van der Waals surface area contributed by atoms with Gasteiger partial charge in [0.05, 0.1) is 18.7 Å². The summed E-state index contributed by atoms with van der Waals surface area (Å²) in [6, 6.07) is 16.7. The van der Waals surface area contributed by atoms with E-state index in [-0.39, 0.29) is 16.7 Å². The first-order valence-corrected chi connectivity index (χ1v) is 13.1. The molecular formula is C31H27Cl2NO5. The number of ketones is 1. The highest BCUT2D eigenvalue weighted by Crippen LogP contribution is 2.45. The van der Waals surface area contributed by atoms with Gasteiger partial charge in [-0.2, -0.15) is 0 Å². The highest BCUT2D eigenvalue weighted by Gasteiger charge is 2.46. The fourth-order valence-corrected chi connectivity index (χ4v) is 5.29. The predicted octanol–water partition coefficient (Wildman–Crippen LogP) is 8.14. The van der Waals surface area contributed by atoms with Crippen LogP contribution in [-0.4, -0.2) is 23.9 Å². The second kappa shape index (κ2) is 9.78. The number of hydrogen-bond donors (Lipinski definition) is 1. The van der Waals surface area contributed by atoms with Crippen molar-refractivity contribution in [2.24, 2.45) is 0 Å². The maximum atomic E-state index is 14.0. The molecule has 1 atom stereocenters. The lowest BCUT2D eigenvalue weighted by Crippen LogP contribution is -2.31. The van der Waals surface area contributed by atoms with E-state index >= 15 is 0 Å². The third-order valence-corrected chi connectivity index (χ3v) is 7.66. The average molecular weight is 564 g/mol. The van der Waals surface area contributed by atoms with Crippen LogP contribution < -0.4 is 9.64 Å². The second-order valence-corrected chi connectivity index (χ2v) is 11.4. The molecule has 0 fully saturated rings. The first-order chi connectivity index (χ1) is 18.4. The Kier molecular flexibility index (Phi) is 6.73. The van der Waals surface area contributed by atoms with Crippen LogP contribution in [0.25, 0.3) is 11.0 Å². The van der Waals surface area contributed by atoms with Gasteiger partial charge in [-0.3, -0.25) is 14.5 Å². The molecule has 6 nitrogen and oxygen atoms in total. The Morgan fingerprint density at radius 1 is 1.05 bits per heavy atom. The maximum Gasteiger partial charge on any atom is 0.294 e. The number of Topliss-reactive ketones (excluding diaryl/α,β-unsaturated/α-hetero) is 1. The number of rotatable bonds is 5. The molecule has 5 rings (SSSR count). The summed E-state index contributed by atoms with van der Waals surface area (Å²) >= 11 is 12.6. The standard InChI is InChI=1S/C31H27Cl2NO5/c1-16-21(33)7-6-8-22(16)34-26(17-9-11-19(12-10-17)31(2,3)4)25(28(36)30(34)37)27(35)23-14-18-13-20(32)15-24(38-5)29(18)39-23/h6-15,26,36H,1-5H3. The molecule has 0 spiro atoms. The van der Waals surface area contributed by atoms with Gasteiger partial charge in [0.15, 0.2) is 22.9 Å². The molecule has 1 N–H and O–H groups in total. The number of halogens is 2. The van der Waals surface area contributed by atoms with Crippen molar-refractivity contribution in [2.45, 2.75) is 39.2 Å². The van der Waals surface area contributed by atoms with E-state index in [1.165, 1.54) is 18.1 Å². The van der Waals surface area contributed by atoms with Crippen molar-refractivity contribution >= 4 is 51.5 Å². The Balaban J connectivity index is 1.69. The van der Waals surface area contributed by atoms with Gasteiger partial charge < -0.3 is 14.3 Å². The molecule has 3 aromatic carbocycles. The third-order valence-electron chi connectivity index (χ3n) is 7.03. The predicted molar refractivity (Wildman–Crippen MR) is 153 cm³/mol.